The molecule has 0 saturated carbocycles. The van der Waals surface area contributed by atoms with Crippen LogP contribution in [-0.2, 0) is 42.6 Å². The van der Waals surface area contributed by atoms with E-state index in [2.05, 4.69) is 165 Å². The molecule has 0 aromatic heterocycles. The summed E-state index contributed by atoms with van der Waals surface area (Å²) in [5.74, 6) is 0. The molecule has 0 radical (unpaired) electrons. The third kappa shape index (κ3) is 9.75. The van der Waals surface area contributed by atoms with Gasteiger partial charge < -0.3 is 0 Å². The minimum atomic E-state index is -1.76. The zero-order chi connectivity index (χ0) is 34.4. The normalized spacial score (nSPS) is 11.5. The fraction of sp³-hybridized carbons (Fsp3) is 0.295. The van der Waals surface area contributed by atoms with Crippen molar-refractivity contribution < 1.29 is 18.9 Å². The molecule has 0 aliphatic rings. The molecule has 0 aliphatic carbocycles. The number of hydrogen-bond donors (Lipinski definition) is 0. The van der Waals surface area contributed by atoms with Gasteiger partial charge in [0.1, 0.15) is 0 Å². The van der Waals surface area contributed by atoms with Crippen molar-refractivity contribution in [3.8, 4) is 22.3 Å². The molecule has 6 aromatic rings. The summed E-state index contributed by atoms with van der Waals surface area (Å²) in [6.45, 7) is 19.9. The van der Waals surface area contributed by atoms with E-state index in [0.717, 1.165) is 12.8 Å². The van der Waals surface area contributed by atoms with Gasteiger partial charge in [-0.05, 0) is 45.9 Å². The van der Waals surface area contributed by atoms with E-state index < -0.39 is 18.9 Å². The molecule has 3 heteroatoms. The fourth-order valence-corrected chi connectivity index (χ4v) is 5.80. The Morgan fingerprint density at radius 1 is 0.574 bits per heavy atom. The molecule has 0 fully saturated rings. The number of benzene rings is 4. The number of rotatable bonds is 4. The predicted octanol–water partition coefficient (Wildman–Crippen LogP) is 13.9. The Morgan fingerprint density at radius 2 is 0.915 bits per heavy atom. The molecule has 246 valence electrons. The Labute approximate surface area is 298 Å². The molecule has 0 aliphatic heterocycles. The van der Waals surface area contributed by atoms with Crippen LogP contribution >= 0.6 is 17.0 Å². The average Bonchev–Trinajstić information content (AvgIpc) is 3.69. The van der Waals surface area contributed by atoms with Gasteiger partial charge in [0, 0.05) is 0 Å². The van der Waals surface area contributed by atoms with Crippen molar-refractivity contribution >= 4 is 42.3 Å². The molecular formula is C44H50Cl2Zr-2. The van der Waals surface area contributed by atoms with Crippen LogP contribution in [0.4, 0.5) is 0 Å². The van der Waals surface area contributed by atoms with Crippen LogP contribution in [0.2, 0.25) is 0 Å². The van der Waals surface area contributed by atoms with E-state index in [1.165, 1.54) is 66.1 Å². The van der Waals surface area contributed by atoms with Crippen molar-refractivity contribution in [3.05, 3.63) is 131 Å². The van der Waals surface area contributed by atoms with Crippen molar-refractivity contribution in [3.63, 3.8) is 0 Å². The molecule has 0 bridgehead atoms. The van der Waals surface area contributed by atoms with E-state index in [4.69, 9.17) is 17.0 Å². The standard InChI is InChI=1S/2C21H23.C2H4.2ClH.Zr/c2*1-5-15-13-17-7-6-8-19(20(17)14-15)16-9-11-18(12-10-16)21(2,3)4;1-2;;;/h2*6-14H,5H2,1-4H3;1H,2H3;2*1H;/q2*-1;;;;+2/p-2. The quantitative estimate of drug-likeness (QED) is 0.158. The van der Waals surface area contributed by atoms with Crippen molar-refractivity contribution in [2.75, 3.05) is 0 Å². The van der Waals surface area contributed by atoms with E-state index >= 15 is 0 Å². The van der Waals surface area contributed by atoms with Crippen LogP contribution in [0.5, 0.6) is 0 Å². The molecule has 0 nitrogen and oxygen atoms in total. The Bertz CT molecular complexity index is 1780. The third-order valence-corrected chi connectivity index (χ3v) is 12.4. The Hall–Kier alpha value is -2.57. The summed E-state index contributed by atoms with van der Waals surface area (Å²) >= 11 is -1.76. The molecular weight excluding hydrogens is 691 g/mol. The van der Waals surface area contributed by atoms with Gasteiger partial charge in [0.15, 0.2) is 0 Å². The molecule has 6 aromatic carbocycles. The molecule has 47 heavy (non-hydrogen) atoms. The molecule has 0 saturated heterocycles. The minimum absolute atomic E-state index is 0.209. The maximum atomic E-state index is 5.37. The van der Waals surface area contributed by atoms with Crippen LogP contribution in [0.15, 0.2) is 109 Å². The summed E-state index contributed by atoms with van der Waals surface area (Å²) in [7, 11) is 10.7. The molecule has 0 spiro atoms. The van der Waals surface area contributed by atoms with Crippen LogP contribution in [-0.4, -0.2) is 3.71 Å². The van der Waals surface area contributed by atoms with E-state index in [0.29, 0.717) is 0 Å². The monoisotopic (exact) mass is 738 g/mol. The first kappa shape index (κ1) is 37.3. The molecule has 0 unspecified atom stereocenters. The van der Waals surface area contributed by atoms with Gasteiger partial charge in [0.25, 0.3) is 0 Å². The second-order valence-electron chi connectivity index (χ2n) is 14.3. The Balaban J connectivity index is 0.000000186. The first-order valence-electron chi connectivity index (χ1n) is 16.8. The van der Waals surface area contributed by atoms with Crippen LogP contribution in [0.3, 0.4) is 0 Å². The first-order chi connectivity index (χ1) is 22.2. The van der Waals surface area contributed by atoms with Gasteiger partial charge in [-0.3, -0.25) is 0 Å². The Kier molecular flexibility index (Phi) is 12.9. The molecule has 0 atom stereocenters. The van der Waals surface area contributed by atoms with Gasteiger partial charge >= 0.3 is 46.5 Å². The van der Waals surface area contributed by atoms with Crippen molar-refractivity contribution in [2.24, 2.45) is 0 Å². The summed E-state index contributed by atoms with van der Waals surface area (Å²) in [4.78, 5) is 0. The van der Waals surface area contributed by atoms with Gasteiger partial charge in [-0.25, -0.2) is 0 Å². The topological polar surface area (TPSA) is 0 Å². The van der Waals surface area contributed by atoms with E-state index in [9.17, 15) is 0 Å². The fourth-order valence-electron chi connectivity index (χ4n) is 5.80. The van der Waals surface area contributed by atoms with E-state index in [1.54, 1.807) is 0 Å². The zero-order valence-corrected chi connectivity index (χ0v) is 33.6. The third-order valence-electron chi connectivity index (χ3n) is 8.78. The van der Waals surface area contributed by atoms with Crippen LogP contribution in [0.25, 0.3) is 43.8 Å². The second-order valence-corrected chi connectivity index (χ2v) is 23.1. The first-order valence-corrected chi connectivity index (χ1v) is 24.6. The summed E-state index contributed by atoms with van der Waals surface area (Å²) < 4.78 is 1.89. The summed E-state index contributed by atoms with van der Waals surface area (Å²) in [5, 5.41) is 5.45. The van der Waals surface area contributed by atoms with Crippen molar-refractivity contribution in [1.82, 2.24) is 0 Å². The zero-order valence-electron chi connectivity index (χ0n) is 29.6. The molecule has 0 amide bonds. The second kappa shape index (κ2) is 16.2. The summed E-state index contributed by atoms with van der Waals surface area (Å²) in [6.07, 6.45) is 2.19. The van der Waals surface area contributed by atoms with E-state index in [-0.39, 0.29) is 10.8 Å². The SMILES string of the molecule is CCc1cc2c(-c3ccc(C(C)(C)C)cc3)cccc2[cH-]1.CCc1cc2c(-c3ccc(C(C)(C)C)cc3)cccc2[cH-]1.C[CH]=[Zr]([Cl])[Cl]. The van der Waals surface area contributed by atoms with Gasteiger partial charge in [-0.2, -0.15) is 12.1 Å². The Morgan fingerprint density at radius 3 is 1.19 bits per heavy atom. The summed E-state index contributed by atoms with van der Waals surface area (Å²) in [5.41, 5.74) is 11.3. The number of hydrogen-bond acceptors (Lipinski definition) is 0. The summed E-state index contributed by atoms with van der Waals surface area (Å²) in [6, 6.07) is 40.6. The van der Waals surface area contributed by atoms with Crippen LogP contribution in [0.1, 0.15) is 84.6 Å². The maximum absolute atomic E-state index is 5.37. The molecule has 0 heterocycles. The number of aryl methyl sites for hydroxylation is 2. The van der Waals surface area contributed by atoms with Crippen molar-refractivity contribution in [2.45, 2.75) is 86.0 Å². The van der Waals surface area contributed by atoms with Crippen molar-refractivity contribution in [1.29, 1.82) is 0 Å². The molecule has 6 rings (SSSR count). The van der Waals surface area contributed by atoms with Gasteiger partial charge in [-0.1, -0.05) is 127 Å². The number of fused-ring (bicyclic) bond motifs is 2. The predicted molar refractivity (Wildman–Crippen MR) is 210 cm³/mol. The number of halogens is 2. The van der Waals surface area contributed by atoms with Crippen LogP contribution < -0.4 is 0 Å². The van der Waals surface area contributed by atoms with Gasteiger partial charge in [0.2, 0.25) is 0 Å². The van der Waals surface area contributed by atoms with Crippen LogP contribution in [0, 0.1) is 0 Å². The molecule has 0 N–H and O–H groups in total. The van der Waals surface area contributed by atoms with E-state index in [1.807, 2.05) is 10.6 Å². The average molecular weight is 741 g/mol. The van der Waals surface area contributed by atoms with Gasteiger partial charge in [0.05, 0.1) is 0 Å². The van der Waals surface area contributed by atoms with Gasteiger partial charge in [-0.15, -0.1) is 69.1 Å².